The molecule has 1 atom stereocenters. The Bertz CT molecular complexity index is 780. The predicted molar refractivity (Wildman–Crippen MR) is 100 cm³/mol. The number of carbonyl (C=O) groups excluding carboxylic acids is 2. The van der Waals surface area contributed by atoms with Crippen LogP contribution in [-0.4, -0.2) is 65.5 Å². The molecule has 0 saturated carbocycles. The lowest BCUT2D eigenvalue weighted by Crippen LogP contribution is -2.52. The Morgan fingerprint density at radius 2 is 1.85 bits per heavy atom. The van der Waals surface area contributed by atoms with Crippen molar-refractivity contribution in [2.45, 2.75) is 18.9 Å². The molecule has 2 aliphatic rings. The van der Waals surface area contributed by atoms with Crippen molar-refractivity contribution < 1.29 is 19.1 Å². The minimum atomic E-state index is -0.294. The van der Waals surface area contributed by atoms with Crippen LogP contribution in [0.5, 0.6) is 10.9 Å². The fraction of sp³-hybridized carbons (Fsp3) is 0.421. The Balaban J connectivity index is 1.31. The van der Waals surface area contributed by atoms with E-state index in [9.17, 15) is 9.59 Å². The van der Waals surface area contributed by atoms with Crippen molar-refractivity contribution in [2.24, 2.45) is 0 Å². The first-order valence-electron chi connectivity index (χ1n) is 9.08. The lowest BCUT2D eigenvalue weighted by molar-refractivity contribution is -0.142. The summed E-state index contributed by atoms with van der Waals surface area (Å²) in [5.74, 6) is 0.678. The maximum atomic E-state index is 12.7. The summed E-state index contributed by atoms with van der Waals surface area (Å²) in [5, 5.41) is 2.41. The minimum Gasteiger partial charge on any atom is -0.431 e. The highest BCUT2D eigenvalue weighted by molar-refractivity contribution is 7.11. The number of rotatable bonds is 4. The van der Waals surface area contributed by atoms with Crippen molar-refractivity contribution in [1.29, 1.82) is 0 Å². The van der Waals surface area contributed by atoms with Crippen molar-refractivity contribution in [1.82, 2.24) is 14.8 Å². The van der Waals surface area contributed by atoms with Gasteiger partial charge in [-0.15, -0.1) is 0 Å². The second-order valence-electron chi connectivity index (χ2n) is 6.54. The highest BCUT2D eigenvalue weighted by Gasteiger charge is 2.31. The summed E-state index contributed by atoms with van der Waals surface area (Å²) in [6, 6.07) is 7.06. The number of carbonyl (C=O) groups is 2. The standard InChI is InChI=1S/C19H21N3O4S/c23-17(14-3-5-15(6-4-14)26-19-20-7-13-27-19)21-8-10-22(11-9-21)18(24)16-2-1-12-25-16/h3-7,13,16H,1-2,8-12H2/t16-/m1/s1. The first kappa shape index (κ1) is 17.9. The molecular formula is C19H21N3O4S. The molecule has 2 fully saturated rings. The summed E-state index contributed by atoms with van der Waals surface area (Å²) in [5.41, 5.74) is 0.611. The number of piperazine rings is 1. The molecule has 1 aromatic heterocycles. The van der Waals surface area contributed by atoms with Crippen molar-refractivity contribution in [3.8, 4) is 10.9 Å². The van der Waals surface area contributed by atoms with Gasteiger partial charge in [-0.2, -0.15) is 0 Å². The number of nitrogens with zero attached hydrogens (tertiary/aromatic N) is 3. The highest BCUT2D eigenvalue weighted by atomic mass is 32.1. The minimum absolute atomic E-state index is 0.0278. The van der Waals surface area contributed by atoms with E-state index in [1.165, 1.54) is 11.3 Å². The van der Waals surface area contributed by atoms with Gasteiger partial charge in [-0.3, -0.25) is 9.59 Å². The van der Waals surface area contributed by atoms with Crippen LogP contribution in [-0.2, 0) is 9.53 Å². The Morgan fingerprint density at radius 1 is 1.11 bits per heavy atom. The van der Waals surface area contributed by atoms with Gasteiger partial charge in [-0.05, 0) is 37.1 Å². The van der Waals surface area contributed by atoms with Gasteiger partial charge in [-0.1, -0.05) is 11.3 Å². The van der Waals surface area contributed by atoms with Gasteiger partial charge in [-0.25, -0.2) is 4.98 Å². The molecule has 0 N–H and O–H groups in total. The number of hydrogen-bond donors (Lipinski definition) is 0. The van der Waals surface area contributed by atoms with Crippen LogP contribution in [0.15, 0.2) is 35.8 Å². The molecule has 0 spiro atoms. The number of benzene rings is 1. The van der Waals surface area contributed by atoms with E-state index in [0.717, 1.165) is 12.8 Å². The van der Waals surface area contributed by atoms with Crippen molar-refractivity contribution in [3.05, 3.63) is 41.4 Å². The molecule has 2 aromatic rings. The third-order valence-electron chi connectivity index (χ3n) is 4.80. The third kappa shape index (κ3) is 4.12. The Morgan fingerprint density at radius 3 is 2.48 bits per heavy atom. The number of ether oxygens (including phenoxy) is 2. The molecule has 2 aliphatic heterocycles. The van der Waals surface area contributed by atoms with E-state index >= 15 is 0 Å². The molecule has 27 heavy (non-hydrogen) atoms. The second kappa shape index (κ2) is 8.06. The van der Waals surface area contributed by atoms with Gasteiger partial charge in [0.05, 0.1) is 0 Å². The van der Waals surface area contributed by atoms with Crippen LogP contribution < -0.4 is 4.74 Å². The maximum Gasteiger partial charge on any atom is 0.278 e. The Hall–Kier alpha value is -2.45. The average molecular weight is 387 g/mol. The van der Waals surface area contributed by atoms with E-state index in [2.05, 4.69) is 4.98 Å². The van der Waals surface area contributed by atoms with E-state index in [0.29, 0.717) is 49.3 Å². The third-order valence-corrected chi connectivity index (χ3v) is 5.45. The van der Waals surface area contributed by atoms with Gasteiger partial charge in [0, 0.05) is 49.9 Å². The zero-order valence-corrected chi connectivity index (χ0v) is 15.7. The molecule has 2 saturated heterocycles. The van der Waals surface area contributed by atoms with Crippen LogP contribution >= 0.6 is 11.3 Å². The molecule has 7 nitrogen and oxygen atoms in total. The predicted octanol–water partition coefficient (Wildman–Crippen LogP) is 2.40. The van der Waals surface area contributed by atoms with Crippen LogP contribution in [0.1, 0.15) is 23.2 Å². The van der Waals surface area contributed by atoms with Crippen molar-refractivity contribution >= 4 is 23.2 Å². The summed E-state index contributed by atoms with van der Waals surface area (Å²) >= 11 is 1.41. The van der Waals surface area contributed by atoms with Gasteiger partial charge in [0.15, 0.2) is 0 Å². The molecule has 0 unspecified atom stereocenters. The molecule has 3 heterocycles. The van der Waals surface area contributed by atoms with E-state index in [1.807, 2.05) is 10.3 Å². The van der Waals surface area contributed by atoms with E-state index in [1.54, 1.807) is 35.4 Å². The summed E-state index contributed by atoms with van der Waals surface area (Å²) in [4.78, 5) is 32.8. The Kier molecular flexibility index (Phi) is 5.35. The molecule has 2 amide bonds. The molecule has 1 aromatic carbocycles. The van der Waals surface area contributed by atoms with Crippen LogP contribution in [0, 0.1) is 0 Å². The maximum absolute atomic E-state index is 12.7. The summed E-state index contributed by atoms with van der Waals surface area (Å²) in [6.45, 7) is 2.84. The molecular weight excluding hydrogens is 366 g/mol. The van der Waals surface area contributed by atoms with Crippen LogP contribution in [0.25, 0.3) is 0 Å². The Labute approximate surface area is 161 Å². The fourth-order valence-corrected chi connectivity index (χ4v) is 3.82. The van der Waals surface area contributed by atoms with Gasteiger partial charge in [0.1, 0.15) is 11.9 Å². The zero-order chi connectivity index (χ0) is 18.6. The number of aromatic nitrogens is 1. The topological polar surface area (TPSA) is 72.0 Å². The SMILES string of the molecule is O=C(c1ccc(Oc2nccs2)cc1)N1CCN(C(=O)[C@H]2CCCO2)CC1. The lowest BCUT2D eigenvalue weighted by atomic mass is 10.1. The first-order valence-corrected chi connectivity index (χ1v) is 9.96. The average Bonchev–Trinajstić information content (AvgIpc) is 3.42. The highest BCUT2D eigenvalue weighted by Crippen LogP contribution is 2.24. The van der Waals surface area contributed by atoms with Crippen LogP contribution in [0.2, 0.25) is 0 Å². The monoisotopic (exact) mass is 387 g/mol. The van der Waals surface area contributed by atoms with Crippen molar-refractivity contribution in [3.63, 3.8) is 0 Å². The smallest absolute Gasteiger partial charge is 0.278 e. The summed E-state index contributed by atoms with van der Waals surface area (Å²) < 4.78 is 11.1. The molecule has 0 bridgehead atoms. The number of thiazole rings is 1. The van der Waals surface area contributed by atoms with Gasteiger partial charge < -0.3 is 19.3 Å². The van der Waals surface area contributed by atoms with Crippen molar-refractivity contribution in [2.75, 3.05) is 32.8 Å². The molecule has 0 aliphatic carbocycles. The first-order chi connectivity index (χ1) is 13.2. The van der Waals surface area contributed by atoms with Crippen LogP contribution in [0.4, 0.5) is 0 Å². The summed E-state index contributed by atoms with van der Waals surface area (Å²) in [7, 11) is 0. The normalized spacial score (nSPS) is 19.9. The van der Waals surface area contributed by atoms with Gasteiger partial charge >= 0.3 is 0 Å². The van der Waals surface area contributed by atoms with E-state index < -0.39 is 0 Å². The molecule has 142 valence electrons. The molecule has 0 radical (unpaired) electrons. The molecule has 4 rings (SSSR count). The number of amides is 2. The van der Waals surface area contributed by atoms with E-state index in [4.69, 9.17) is 9.47 Å². The zero-order valence-electron chi connectivity index (χ0n) is 14.9. The van der Waals surface area contributed by atoms with Crippen LogP contribution in [0.3, 0.4) is 0 Å². The summed E-state index contributed by atoms with van der Waals surface area (Å²) in [6.07, 6.45) is 3.13. The quantitative estimate of drug-likeness (QED) is 0.806. The number of hydrogen-bond acceptors (Lipinski definition) is 6. The van der Waals surface area contributed by atoms with E-state index in [-0.39, 0.29) is 17.9 Å². The van der Waals surface area contributed by atoms with Gasteiger partial charge in [0.2, 0.25) is 0 Å². The molecule has 8 heteroatoms. The lowest BCUT2D eigenvalue weighted by Gasteiger charge is -2.35. The second-order valence-corrected chi connectivity index (χ2v) is 7.40. The fourth-order valence-electron chi connectivity index (χ4n) is 3.32. The largest absolute Gasteiger partial charge is 0.431 e. The van der Waals surface area contributed by atoms with Gasteiger partial charge in [0.25, 0.3) is 17.0 Å².